The molecule has 1 aromatic carbocycles. The number of rotatable bonds is 8. The van der Waals surface area contributed by atoms with Crippen molar-refractivity contribution in [2.75, 3.05) is 13.6 Å². The molecule has 0 saturated carbocycles. The summed E-state index contributed by atoms with van der Waals surface area (Å²) in [6, 6.07) is 6.95. The molecule has 0 unspecified atom stereocenters. The maximum Gasteiger partial charge on any atom is 0.218 e. The molecule has 0 aliphatic rings. The summed E-state index contributed by atoms with van der Waals surface area (Å²) >= 11 is 0. The molecule has 0 aliphatic carbocycles. The number of unbranched alkanes of at least 4 members (excludes halogenated alkanes) is 1. The lowest BCUT2D eigenvalue weighted by atomic mass is 10.2. The Bertz CT molecular complexity index is 494. The lowest BCUT2D eigenvalue weighted by molar-refractivity contribution is 0.282. The van der Waals surface area contributed by atoms with Gasteiger partial charge >= 0.3 is 0 Å². The Hall–Kier alpha value is -1.17. The van der Waals surface area contributed by atoms with Gasteiger partial charge in [-0.05, 0) is 24.0 Å². The van der Waals surface area contributed by atoms with Crippen molar-refractivity contribution in [2.45, 2.75) is 25.2 Å². The van der Waals surface area contributed by atoms with E-state index in [9.17, 15) is 8.42 Å². The van der Waals surface area contributed by atoms with Crippen molar-refractivity contribution in [2.24, 2.45) is 0 Å². The molecule has 0 fully saturated rings. The van der Waals surface area contributed by atoms with Crippen molar-refractivity contribution in [1.82, 2.24) is 4.31 Å². The monoisotopic (exact) mass is 283 g/mol. The lowest BCUT2D eigenvalue weighted by Gasteiger charge is -2.16. The molecule has 0 spiro atoms. The van der Waals surface area contributed by atoms with Gasteiger partial charge in [0.2, 0.25) is 10.0 Å². The summed E-state index contributed by atoms with van der Waals surface area (Å²) in [5.74, 6) is -0.0106. The molecule has 0 aromatic heterocycles. The zero-order valence-electron chi connectivity index (χ0n) is 11.2. The van der Waals surface area contributed by atoms with Crippen LogP contribution in [0.4, 0.5) is 0 Å². The first-order valence-corrected chi connectivity index (χ1v) is 7.84. The third kappa shape index (κ3) is 5.14. The largest absolute Gasteiger partial charge is 0.392 e. The minimum atomic E-state index is -3.28. The van der Waals surface area contributed by atoms with E-state index in [1.54, 1.807) is 37.4 Å². The topological polar surface area (TPSA) is 57.6 Å². The lowest BCUT2D eigenvalue weighted by Crippen LogP contribution is -2.29. The van der Waals surface area contributed by atoms with Gasteiger partial charge in [-0.1, -0.05) is 30.3 Å². The maximum atomic E-state index is 12.1. The number of benzene rings is 1. The first-order chi connectivity index (χ1) is 8.99. The molecule has 0 aliphatic heterocycles. The summed E-state index contributed by atoms with van der Waals surface area (Å²) in [4.78, 5) is 0. The molecule has 0 heterocycles. The van der Waals surface area contributed by atoms with Gasteiger partial charge in [0.1, 0.15) is 0 Å². The van der Waals surface area contributed by atoms with Gasteiger partial charge in [0.25, 0.3) is 0 Å². The van der Waals surface area contributed by atoms with Crippen LogP contribution in [0.2, 0.25) is 0 Å². The zero-order chi connectivity index (χ0) is 14.3. The molecule has 0 amide bonds. The van der Waals surface area contributed by atoms with Gasteiger partial charge in [0.15, 0.2) is 0 Å². The summed E-state index contributed by atoms with van der Waals surface area (Å²) in [6.45, 7) is 4.09. The fourth-order valence-electron chi connectivity index (χ4n) is 1.66. The van der Waals surface area contributed by atoms with E-state index in [2.05, 4.69) is 6.58 Å². The number of aliphatic hydroxyl groups excluding tert-OH is 1. The molecule has 0 saturated heterocycles. The average molecular weight is 283 g/mol. The van der Waals surface area contributed by atoms with E-state index in [4.69, 9.17) is 5.11 Å². The number of aliphatic hydroxyl groups is 1. The first kappa shape index (κ1) is 15.9. The fraction of sp³-hybridized carbons (Fsp3) is 0.429. The second-order valence-electron chi connectivity index (χ2n) is 4.48. The average Bonchev–Trinajstić information content (AvgIpc) is 2.39. The van der Waals surface area contributed by atoms with Crippen LogP contribution < -0.4 is 0 Å². The summed E-state index contributed by atoms with van der Waals surface area (Å²) in [5.41, 5.74) is 1.51. The summed E-state index contributed by atoms with van der Waals surface area (Å²) < 4.78 is 25.6. The molecule has 5 heteroatoms. The number of allylic oxidation sites excluding steroid dienone is 1. The van der Waals surface area contributed by atoms with Crippen molar-refractivity contribution >= 4 is 10.0 Å². The highest BCUT2D eigenvalue weighted by Gasteiger charge is 2.17. The summed E-state index contributed by atoms with van der Waals surface area (Å²) in [7, 11) is -1.68. The minimum Gasteiger partial charge on any atom is -0.392 e. The van der Waals surface area contributed by atoms with Crippen LogP contribution >= 0.6 is 0 Å². The summed E-state index contributed by atoms with van der Waals surface area (Å²) in [5, 5.41) is 8.94. The maximum absolute atomic E-state index is 12.1. The molecule has 1 rings (SSSR count). The second kappa shape index (κ2) is 7.43. The Labute approximate surface area is 115 Å². The SMILES string of the molecule is C=CCCCN(C)S(=O)(=O)Cc1ccc(CO)cc1. The molecule has 0 radical (unpaired) electrons. The van der Waals surface area contributed by atoms with E-state index in [1.807, 2.05) is 0 Å². The second-order valence-corrected chi connectivity index (χ2v) is 6.56. The van der Waals surface area contributed by atoms with Crippen LogP contribution in [0.15, 0.2) is 36.9 Å². The molecular formula is C14H21NO3S. The van der Waals surface area contributed by atoms with Gasteiger partial charge in [-0.25, -0.2) is 12.7 Å². The Morgan fingerprint density at radius 3 is 2.37 bits per heavy atom. The van der Waals surface area contributed by atoms with Crippen LogP contribution in [0.1, 0.15) is 24.0 Å². The molecule has 0 bridgehead atoms. The van der Waals surface area contributed by atoms with Gasteiger partial charge in [-0.15, -0.1) is 6.58 Å². The molecule has 1 N–H and O–H groups in total. The van der Waals surface area contributed by atoms with E-state index >= 15 is 0 Å². The van der Waals surface area contributed by atoms with Crippen LogP contribution in [0.5, 0.6) is 0 Å². The highest BCUT2D eigenvalue weighted by molar-refractivity contribution is 7.88. The van der Waals surface area contributed by atoms with Gasteiger partial charge in [0.05, 0.1) is 12.4 Å². The third-order valence-corrected chi connectivity index (χ3v) is 4.74. The smallest absolute Gasteiger partial charge is 0.218 e. The first-order valence-electron chi connectivity index (χ1n) is 6.23. The highest BCUT2D eigenvalue weighted by atomic mass is 32.2. The van der Waals surface area contributed by atoms with E-state index in [0.29, 0.717) is 6.54 Å². The Morgan fingerprint density at radius 1 is 1.26 bits per heavy atom. The number of hydrogen-bond donors (Lipinski definition) is 1. The van der Waals surface area contributed by atoms with Crippen molar-refractivity contribution in [3.63, 3.8) is 0 Å². The van der Waals surface area contributed by atoms with Crippen molar-refractivity contribution < 1.29 is 13.5 Å². The van der Waals surface area contributed by atoms with Gasteiger partial charge in [-0.2, -0.15) is 0 Å². The van der Waals surface area contributed by atoms with Crippen LogP contribution in [0, 0.1) is 0 Å². The Balaban J connectivity index is 2.64. The molecule has 0 atom stereocenters. The van der Waals surface area contributed by atoms with Crippen molar-refractivity contribution in [1.29, 1.82) is 0 Å². The van der Waals surface area contributed by atoms with E-state index < -0.39 is 10.0 Å². The third-order valence-electron chi connectivity index (χ3n) is 2.91. The Kier molecular flexibility index (Phi) is 6.21. The van der Waals surface area contributed by atoms with Crippen molar-refractivity contribution in [3.8, 4) is 0 Å². The van der Waals surface area contributed by atoms with Gasteiger partial charge < -0.3 is 5.11 Å². The quantitative estimate of drug-likeness (QED) is 0.585. The molecule has 4 nitrogen and oxygen atoms in total. The Morgan fingerprint density at radius 2 is 1.84 bits per heavy atom. The number of hydrogen-bond acceptors (Lipinski definition) is 3. The highest BCUT2D eigenvalue weighted by Crippen LogP contribution is 2.12. The molecule has 106 valence electrons. The van der Waals surface area contributed by atoms with Crippen LogP contribution in [-0.2, 0) is 22.4 Å². The van der Waals surface area contributed by atoms with Gasteiger partial charge in [0, 0.05) is 13.6 Å². The standard InChI is InChI=1S/C14H21NO3S/c1-3-4-5-10-15(2)19(17,18)12-14-8-6-13(11-16)7-9-14/h3,6-9,16H,1,4-5,10-12H2,2H3. The minimum absolute atomic E-state index is 0.0106. The predicted octanol–water partition coefficient (Wildman–Crippen LogP) is 1.91. The number of sulfonamides is 1. The van der Waals surface area contributed by atoms with Gasteiger partial charge in [-0.3, -0.25) is 0 Å². The van der Waals surface area contributed by atoms with Crippen LogP contribution in [0.25, 0.3) is 0 Å². The molecule has 19 heavy (non-hydrogen) atoms. The van der Waals surface area contributed by atoms with Crippen LogP contribution in [0.3, 0.4) is 0 Å². The molecule has 1 aromatic rings. The van der Waals surface area contributed by atoms with E-state index in [1.165, 1.54) is 4.31 Å². The number of nitrogens with zero attached hydrogens (tertiary/aromatic N) is 1. The van der Waals surface area contributed by atoms with E-state index in [-0.39, 0.29) is 12.4 Å². The van der Waals surface area contributed by atoms with Crippen LogP contribution in [-0.4, -0.2) is 31.4 Å². The predicted molar refractivity (Wildman–Crippen MR) is 77.0 cm³/mol. The molecular weight excluding hydrogens is 262 g/mol. The normalized spacial score (nSPS) is 11.7. The zero-order valence-corrected chi connectivity index (χ0v) is 12.1. The van der Waals surface area contributed by atoms with E-state index in [0.717, 1.165) is 24.0 Å². The summed E-state index contributed by atoms with van der Waals surface area (Å²) in [6.07, 6.45) is 3.38. The fourth-order valence-corrected chi connectivity index (χ4v) is 2.90. The van der Waals surface area contributed by atoms with Crippen molar-refractivity contribution in [3.05, 3.63) is 48.0 Å².